The maximum absolute atomic E-state index is 13.4. The molecule has 0 aromatic carbocycles. The summed E-state index contributed by atoms with van der Waals surface area (Å²) in [5, 5.41) is 0. The third-order valence-electron chi connectivity index (χ3n) is 7.97. The van der Waals surface area contributed by atoms with Crippen molar-refractivity contribution in [3.8, 4) is 0 Å². The lowest BCUT2D eigenvalue weighted by molar-refractivity contribution is -0.154. The Hall–Kier alpha value is -1.90. The van der Waals surface area contributed by atoms with Crippen molar-refractivity contribution in [2.24, 2.45) is 0 Å². The van der Waals surface area contributed by atoms with Crippen molar-refractivity contribution in [3.05, 3.63) is 45.6 Å². The first kappa shape index (κ1) is 24.2. The van der Waals surface area contributed by atoms with Crippen LogP contribution in [0.15, 0.2) is 45.6 Å². The summed E-state index contributed by atoms with van der Waals surface area (Å²) in [6.07, 6.45) is 26.4. The highest BCUT2D eigenvalue weighted by atomic mass is 16.6. The maximum atomic E-state index is 13.4. The zero-order chi connectivity index (χ0) is 22.9. The van der Waals surface area contributed by atoms with Gasteiger partial charge in [-0.3, -0.25) is 0 Å². The highest BCUT2D eigenvalue weighted by Crippen LogP contribution is 2.36. The molecule has 180 valence electrons. The van der Waals surface area contributed by atoms with Gasteiger partial charge in [-0.2, -0.15) is 0 Å². The largest absolute Gasteiger partial charge is 0.386 e. The summed E-state index contributed by atoms with van der Waals surface area (Å²) in [4.78, 5) is 26.8. The molecule has 0 aliphatic heterocycles. The van der Waals surface area contributed by atoms with E-state index in [9.17, 15) is 9.59 Å². The Morgan fingerprint density at radius 1 is 0.485 bits per heavy atom. The average molecular weight is 451 g/mol. The summed E-state index contributed by atoms with van der Waals surface area (Å²) >= 11 is 0. The van der Waals surface area contributed by atoms with Gasteiger partial charge in [0.05, 0.1) is 0 Å². The fraction of sp³-hybridized carbons (Fsp3) is 0.667. The van der Waals surface area contributed by atoms with Crippen LogP contribution in [0.2, 0.25) is 0 Å². The zero-order valence-electron chi connectivity index (χ0n) is 20.5. The molecular formula is C30H42O3. The first-order valence-corrected chi connectivity index (χ1v) is 13.8. The molecule has 0 amide bonds. The molecule has 0 radical (unpaired) electrons. The van der Waals surface area contributed by atoms with Gasteiger partial charge < -0.3 is 4.74 Å². The number of ether oxygens (including phenoxy) is 1. The minimum Gasteiger partial charge on any atom is -0.386 e. The van der Waals surface area contributed by atoms with E-state index in [2.05, 4.69) is 12.2 Å². The Labute approximate surface area is 200 Å². The van der Waals surface area contributed by atoms with Crippen LogP contribution in [0.25, 0.3) is 0 Å². The van der Waals surface area contributed by atoms with E-state index in [0.29, 0.717) is 0 Å². The summed E-state index contributed by atoms with van der Waals surface area (Å²) in [6.45, 7) is 0. The molecule has 4 aliphatic rings. The van der Waals surface area contributed by atoms with E-state index in [1.807, 2.05) is 0 Å². The second-order valence-corrected chi connectivity index (χ2v) is 10.4. The number of hydrogen-bond acceptors (Lipinski definition) is 3. The molecule has 0 aromatic rings. The third kappa shape index (κ3) is 6.58. The van der Waals surface area contributed by atoms with Crippen LogP contribution in [0.1, 0.15) is 128 Å². The normalized spacial score (nSPS) is 23.5. The van der Waals surface area contributed by atoms with Crippen molar-refractivity contribution < 1.29 is 14.3 Å². The van der Waals surface area contributed by atoms with Gasteiger partial charge in [0.2, 0.25) is 0 Å². The number of rotatable bonds is 4. The first-order chi connectivity index (χ1) is 16.2. The van der Waals surface area contributed by atoms with Gasteiger partial charge in [0.25, 0.3) is 0 Å². The molecule has 0 heterocycles. The third-order valence-corrected chi connectivity index (χ3v) is 7.97. The van der Waals surface area contributed by atoms with Crippen molar-refractivity contribution in [2.75, 3.05) is 0 Å². The zero-order valence-corrected chi connectivity index (χ0v) is 20.5. The molecule has 0 unspecified atom stereocenters. The van der Waals surface area contributed by atoms with Gasteiger partial charge in [0.15, 0.2) is 0 Å². The van der Waals surface area contributed by atoms with E-state index in [0.717, 1.165) is 101 Å². The van der Waals surface area contributed by atoms with Crippen LogP contribution in [0, 0.1) is 0 Å². The van der Waals surface area contributed by atoms with Crippen molar-refractivity contribution in [3.63, 3.8) is 0 Å². The van der Waals surface area contributed by atoms with Crippen LogP contribution >= 0.6 is 0 Å². The standard InChI is InChI=1S/C30H42O3/c31-29(27-21-13-5-11-19-25(27)23-15-7-1-2-8-16-23)33-30(32)28-22-14-6-12-20-26(28)24-17-9-3-4-10-18-24/h15,17H,1-14,16,18-22H2. The molecule has 0 spiro atoms. The Morgan fingerprint density at radius 3 is 1.36 bits per heavy atom. The number of carbonyl (C=O) groups is 2. The SMILES string of the molecule is O=C(OC(=O)C1=C(C2=CCCCCC2)CCCCC1)C1=C(C2=CCCCCC2)CCCCC1. The molecule has 0 bridgehead atoms. The minimum atomic E-state index is -0.368. The second-order valence-electron chi connectivity index (χ2n) is 10.4. The predicted octanol–water partition coefficient (Wildman–Crippen LogP) is 8.36. The van der Waals surface area contributed by atoms with Crippen molar-refractivity contribution in [2.45, 2.75) is 128 Å². The lowest BCUT2D eigenvalue weighted by Crippen LogP contribution is -2.19. The molecule has 0 aromatic heterocycles. The molecular weight excluding hydrogens is 408 g/mol. The summed E-state index contributed by atoms with van der Waals surface area (Å²) in [5.41, 5.74) is 6.69. The van der Waals surface area contributed by atoms with Gasteiger partial charge >= 0.3 is 11.9 Å². The summed E-state index contributed by atoms with van der Waals surface area (Å²) in [7, 11) is 0. The molecule has 0 saturated carbocycles. The number of esters is 2. The molecule has 0 atom stereocenters. The molecule has 0 fully saturated rings. The molecule has 3 heteroatoms. The molecule has 33 heavy (non-hydrogen) atoms. The van der Waals surface area contributed by atoms with Gasteiger partial charge in [-0.15, -0.1) is 0 Å². The van der Waals surface area contributed by atoms with Gasteiger partial charge in [-0.1, -0.05) is 37.8 Å². The van der Waals surface area contributed by atoms with Gasteiger partial charge in [0, 0.05) is 11.1 Å². The fourth-order valence-electron chi connectivity index (χ4n) is 6.11. The van der Waals surface area contributed by atoms with Gasteiger partial charge in [-0.05, 0) is 125 Å². The maximum Gasteiger partial charge on any atom is 0.342 e. The van der Waals surface area contributed by atoms with E-state index in [4.69, 9.17) is 4.74 Å². The minimum absolute atomic E-state index is 0.368. The number of carbonyl (C=O) groups excluding carboxylic acids is 2. The fourth-order valence-corrected chi connectivity index (χ4v) is 6.11. The van der Waals surface area contributed by atoms with Crippen LogP contribution in [0.3, 0.4) is 0 Å². The lowest BCUT2D eigenvalue weighted by atomic mass is 9.92. The summed E-state index contributed by atoms with van der Waals surface area (Å²) < 4.78 is 5.70. The number of hydrogen-bond donors (Lipinski definition) is 0. The quantitative estimate of drug-likeness (QED) is 0.319. The Balaban J connectivity index is 1.58. The van der Waals surface area contributed by atoms with E-state index < -0.39 is 0 Å². The predicted molar refractivity (Wildman–Crippen MR) is 134 cm³/mol. The average Bonchev–Trinajstić information content (AvgIpc) is 3.40. The van der Waals surface area contributed by atoms with Crippen molar-refractivity contribution >= 4 is 11.9 Å². The molecule has 4 rings (SSSR count). The second kappa shape index (κ2) is 12.5. The first-order valence-electron chi connectivity index (χ1n) is 13.8. The smallest absolute Gasteiger partial charge is 0.342 e. The molecule has 0 N–H and O–H groups in total. The van der Waals surface area contributed by atoms with E-state index in [-0.39, 0.29) is 11.9 Å². The van der Waals surface area contributed by atoms with Crippen molar-refractivity contribution in [1.82, 2.24) is 0 Å². The Bertz CT molecular complexity index is 782. The van der Waals surface area contributed by atoms with Crippen LogP contribution < -0.4 is 0 Å². The molecule has 3 nitrogen and oxygen atoms in total. The topological polar surface area (TPSA) is 43.4 Å². The molecule has 0 saturated heterocycles. The van der Waals surface area contributed by atoms with Crippen LogP contribution in [0.4, 0.5) is 0 Å². The van der Waals surface area contributed by atoms with Gasteiger partial charge in [-0.25, -0.2) is 9.59 Å². The van der Waals surface area contributed by atoms with E-state index in [1.54, 1.807) is 0 Å². The molecule has 4 aliphatic carbocycles. The van der Waals surface area contributed by atoms with Crippen LogP contribution in [0.5, 0.6) is 0 Å². The Kier molecular flexibility index (Phi) is 9.20. The lowest BCUT2D eigenvalue weighted by Gasteiger charge is -2.17. The summed E-state index contributed by atoms with van der Waals surface area (Å²) in [5.74, 6) is -0.735. The monoisotopic (exact) mass is 450 g/mol. The summed E-state index contributed by atoms with van der Waals surface area (Å²) in [6, 6.07) is 0. The van der Waals surface area contributed by atoms with Gasteiger partial charge in [0.1, 0.15) is 0 Å². The van der Waals surface area contributed by atoms with Crippen LogP contribution in [-0.4, -0.2) is 11.9 Å². The van der Waals surface area contributed by atoms with Crippen molar-refractivity contribution in [1.29, 1.82) is 0 Å². The highest BCUT2D eigenvalue weighted by molar-refractivity contribution is 6.03. The van der Waals surface area contributed by atoms with E-state index >= 15 is 0 Å². The van der Waals surface area contributed by atoms with E-state index in [1.165, 1.54) is 60.8 Å². The van der Waals surface area contributed by atoms with Crippen LogP contribution in [-0.2, 0) is 14.3 Å². The number of allylic oxidation sites excluding steroid dienone is 6. The highest BCUT2D eigenvalue weighted by Gasteiger charge is 2.27. The Morgan fingerprint density at radius 2 is 0.879 bits per heavy atom.